The van der Waals surface area contributed by atoms with E-state index in [0.29, 0.717) is 36.0 Å². The molecule has 1 aliphatic heterocycles. The number of rotatable bonds is 10. The standard InChI is InChI=1S/C25H28N4O5S/c1-32-20-12-18(13-21(33-2)24(20)34-3)29-14-17(11-23(29)30)25(31)27-8-4-5-22-28-19(15-35-22)16-6-9-26-10-7-16/h6-7,9-10,12-13,15,17H,4-5,8,11,14H2,1-3H3,(H,27,31). The number of hydrogen-bond donors (Lipinski definition) is 1. The molecule has 1 unspecified atom stereocenters. The minimum absolute atomic E-state index is 0.120. The highest BCUT2D eigenvalue weighted by atomic mass is 32.1. The van der Waals surface area contributed by atoms with Gasteiger partial charge in [-0.2, -0.15) is 0 Å². The number of hydrogen-bond acceptors (Lipinski definition) is 8. The van der Waals surface area contributed by atoms with Crippen LogP contribution < -0.4 is 24.4 Å². The molecular weight excluding hydrogens is 468 g/mol. The zero-order chi connectivity index (χ0) is 24.8. The van der Waals surface area contributed by atoms with Gasteiger partial charge in [0.15, 0.2) is 11.5 Å². The predicted molar refractivity (Wildman–Crippen MR) is 133 cm³/mol. The van der Waals surface area contributed by atoms with E-state index in [4.69, 9.17) is 14.2 Å². The van der Waals surface area contributed by atoms with Gasteiger partial charge >= 0.3 is 0 Å². The lowest BCUT2D eigenvalue weighted by atomic mass is 10.1. The van der Waals surface area contributed by atoms with Gasteiger partial charge in [0.05, 0.1) is 43.6 Å². The first-order valence-electron chi connectivity index (χ1n) is 11.3. The molecule has 0 saturated carbocycles. The van der Waals surface area contributed by atoms with E-state index in [2.05, 4.69) is 15.3 Å². The third-order valence-electron chi connectivity index (χ3n) is 5.85. The first-order valence-corrected chi connectivity index (χ1v) is 12.1. The Labute approximate surface area is 208 Å². The van der Waals surface area contributed by atoms with Crippen LogP contribution in [0.2, 0.25) is 0 Å². The summed E-state index contributed by atoms with van der Waals surface area (Å²) in [6.07, 6.45) is 5.20. The highest BCUT2D eigenvalue weighted by Crippen LogP contribution is 2.42. The fourth-order valence-electron chi connectivity index (χ4n) is 4.03. The molecule has 3 heterocycles. The van der Waals surface area contributed by atoms with Crippen LogP contribution in [0.15, 0.2) is 42.0 Å². The van der Waals surface area contributed by atoms with Crippen molar-refractivity contribution in [1.29, 1.82) is 0 Å². The predicted octanol–water partition coefficient (Wildman–Crippen LogP) is 3.33. The molecule has 1 N–H and O–H groups in total. The van der Waals surface area contributed by atoms with Crippen LogP contribution in [0.25, 0.3) is 11.3 Å². The fourth-order valence-corrected chi connectivity index (χ4v) is 4.88. The van der Waals surface area contributed by atoms with Gasteiger partial charge in [-0.25, -0.2) is 4.98 Å². The normalized spacial score (nSPS) is 15.2. The van der Waals surface area contributed by atoms with Crippen molar-refractivity contribution in [2.75, 3.05) is 39.3 Å². The molecule has 0 radical (unpaired) electrons. The average Bonchev–Trinajstić information content (AvgIpc) is 3.53. The van der Waals surface area contributed by atoms with E-state index >= 15 is 0 Å². The fraction of sp³-hybridized carbons (Fsp3) is 0.360. The number of thiazole rings is 1. The number of aromatic nitrogens is 2. The molecule has 35 heavy (non-hydrogen) atoms. The number of benzene rings is 1. The number of amides is 2. The lowest BCUT2D eigenvalue weighted by Crippen LogP contribution is -2.33. The molecule has 184 valence electrons. The van der Waals surface area contributed by atoms with Gasteiger partial charge in [0.25, 0.3) is 0 Å². The number of ether oxygens (including phenoxy) is 3. The van der Waals surface area contributed by atoms with E-state index in [1.54, 1.807) is 40.8 Å². The monoisotopic (exact) mass is 496 g/mol. The third-order valence-corrected chi connectivity index (χ3v) is 6.76. The van der Waals surface area contributed by atoms with Crippen LogP contribution in [0.1, 0.15) is 17.8 Å². The summed E-state index contributed by atoms with van der Waals surface area (Å²) in [5.41, 5.74) is 2.58. The van der Waals surface area contributed by atoms with Crippen LogP contribution >= 0.6 is 11.3 Å². The zero-order valence-electron chi connectivity index (χ0n) is 19.9. The molecule has 0 aliphatic carbocycles. The maximum Gasteiger partial charge on any atom is 0.227 e. The lowest BCUT2D eigenvalue weighted by molar-refractivity contribution is -0.126. The second-order valence-electron chi connectivity index (χ2n) is 8.05. The maximum atomic E-state index is 12.7. The minimum Gasteiger partial charge on any atom is -0.493 e. The number of methoxy groups -OCH3 is 3. The topological polar surface area (TPSA) is 103 Å². The molecule has 10 heteroatoms. The quantitative estimate of drug-likeness (QED) is 0.430. The molecule has 1 saturated heterocycles. The highest BCUT2D eigenvalue weighted by molar-refractivity contribution is 7.09. The Kier molecular flexibility index (Phi) is 7.81. The van der Waals surface area contributed by atoms with Crippen LogP contribution in [0, 0.1) is 5.92 Å². The summed E-state index contributed by atoms with van der Waals surface area (Å²) < 4.78 is 16.1. The number of nitrogens with one attached hydrogen (secondary N) is 1. The average molecular weight is 497 g/mol. The molecule has 1 fully saturated rings. The van der Waals surface area contributed by atoms with Crippen molar-refractivity contribution in [3.63, 3.8) is 0 Å². The van der Waals surface area contributed by atoms with Crippen molar-refractivity contribution in [3.8, 4) is 28.5 Å². The number of aryl methyl sites for hydroxylation is 1. The molecule has 0 spiro atoms. The molecule has 2 aromatic heterocycles. The molecular formula is C25H28N4O5S. The van der Waals surface area contributed by atoms with E-state index in [9.17, 15) is 9.59 Å². The van der Waals surface area contributed by atoms with Gasteiger partial charge < -0.3 is 24.4 Å². The van der Waals surface area contributed by atoms with Gasteiger partial charge in [0.2, 0.25) is 17.6 Å². The molecule has 1 aromatic carbocycles. The van der Waals surface area contributed by atoms with Gasteiger partial charge in [-0.1, -0.05) is 0 Å². The Balaban J connectivity index is 1.30. The van der Waals surface area contributed by atoms with Crippen LogP contribution in [0.3, 0.4) is 0 Å². The number of anilines is 1. The largest absolute Gasteiger partial charge is 0.493 e. The second-order valence-corrected chi connectivity index (χ2v) is 8.99. The molecule has 1 atom stereocenters. The number of pyridine rings is 1. The molecule has 0 bridgehead atoms. The lowest BCUT2D eigenvalue weighted by Gasteiger charge is -2.20. The Bertz CT molecular complexity index is 1160. The maximum absolute atomic E-state index is 12.7. The SMILES string of the molecule is COc1cc(N2CC(C(=O)NCCCc3nc(-c4ccncc4)cs3)CC2=O)cc(OC)c1OC. The summed E-state index contributed by atoms with van der Waals surface area (Å²) in [7, 11) is 4.57. The minimum atomic E-state index is -0.417. The van der Waals surface area contributed by atoms with Crippen LogP contribution in [0.4, 0.5) is 5.69 Å². The third kappa shape index (κ3) is 5.54. The van der Waals surface area contributed by atoms with Crippen molar-refractivity contribution in [1.82, 2.24) is 15.3 Å². The highest BCUT2D eigenvalue weighted by Gasteiger charge is 2.35. The first-order chi connectivity index (χ1) is 17.0. The molecule has 3 aromatic rings. The van der Waals surface area contributed by atoms with Crippen LogP contribution in [-0.2, 0) is 16.0 Å². The second kappa shape index (κ2) is 11.2. The first kappa shape index (κ1) is 24.5. The van der Waals surface area contributed by atoms with Gasteiger partial charge in [-0.3, -0.25) is 14.6 Å². The van der Waals surface area contributed by atoms with E-state index in [-0.39, 0.29) is 18.2 Å². The van der Waals surface area contributed by atoms with E-state index < -0.39 is 5.92 Å². The van der Waals surface area contributed by atoms with Crippen molar-refractivity contribution in [2.24, 2.45) is 5.92 Å². The molecule has 9 nitrogen and oxygen atoms in total. The van der Waals surface area contributed by atoms with Crippen LogP contribution in [-0.4, -0.2) is 56.2 Å². The Morgan fingerprint density at radius 3 is 2.51 bits per heavy atom. The summed E-state index contributed by atoms with van der Waals surface area (Å²) >= 11 is 1.61. The Hall–Kier alpha value is -3.66. The smallest absolute Gasteiger partial charge is 0.227 e. The molecule has 4 rings (SSSR count). The van der Waals surface area contributed by atoms with Crippen molar-refractivity contribution in [3.05, 3.63) is 47.0 Å². The molecule has 2 amide bonds. The summed E-state index contributed by atoms with van der Waals surface area (Å²) in [5, 5.41) is 6.03. The van der Waals surface area contributed by atoms with Crippen LogP contribution in [0.5, 0.6) is 17.2 Å². The summed E-state index contributed by atoms with van der Waals surface area (Å²) in [4.78, 5) is 35.7. The number of carbonyl (C=O) groups is 2. The van der Waals surface area contributed by atoms with Crippen molar-refractivity contribution >= 4 is 28.8 Å². The van der Waals surface area contributed by atoms with Gasteiger partial charge in [-0.15, -0.1) is 11.3 Å². The Morgan fingerprint density at radius 1 is 1.14 bits per heavy atom. The number of nitrogens with zero attached hydrogens (tertiary/aromatic N) is 3. The van der Waals surface area contributed by atoms with E-state index in [1.165, 1.54) is 21.3 Å². The summed E-state index contributed by atoms with van der Waals surface area (Å²) in [6, 6.07) is 7.30. The van der Waals surface area contributed by atoms with Gasteiger partial charge in [-0.05, 0) is 18.6 Å². The van der Waals surface area contributed by atoms with Gasteiger partial charge in [0, 0.05) is 61.4 Å². The van der Waals surface area contributed by atoms with E-state index in [1.807, 2.05) is 17.5 Å². The summed E-state index contributed by atoms with van der Waals surface area (Å²) in [6.45, 7) is 0.822. The zero-order valence-corrected chi connectivity index (χ0v) is 20.8. The van der Waals surface area contributed by atoms with Crippen molar-refractivity contribution in [2.45, 2.75) is 19.3 Å². The molecule has 1 aliphatic rings. The van der Waals surface area contributed by atoms with E-state index in [0.717, 1.165) is 29.1 Å². The van der Waals surface area contributed by atoms with Crippen molar-refractivity contribution < 1.29 is 23.8 Å². The Morgan fingerprint density at radius 2 is 1.86 bits per heavy atom. The summed E-state index contributed by atoms with van der Waals surface area (Å²) in [5.74, 6) is 0.706. The van der Waals surface area contributed by atoms with Gasteiger partial charge in [0.1, 0.15) is 0 Å². The number of carbonyl (C=O) groups excluding carboxylic acids is 2.